The van der Waals surface area contributed by atoms with Crippen molar-refractivity contribution in [2.45, 2.75) is 25.8 Å². The SMILES string of the molecule is COC(=O)C1=C(C[NH+]2CCC(C)CC2)NC(=O)N[C@@H]1c1ccc(OC)c(OC)c1. The third-order valence-corrected chi connectivity index (χ3v) is 5.71. The predicted octanol–water partition coefficient (Wildman–Crippen LogP) is 0.800. The van der Waals surface area contributed by atoms with Gasteiger partial charge in [-0.25, -0.2) is 9.59 Å². The Balaban J connectivity index is 1.98. The van der Waals surface area contributed by atoms with Crippen LogP contribution >= 0.6 is 0 Å². The topological polar surface area (TPSA) is 90.3 Å². The van der Waals surface area contributed by atoms with Crippen LogP contribution in [0, 0.1) is 5.92 Å². The van der Waals surface area contributed by atoms with Gasteiger partial charge in [-0.05, 0) is 36.5 Å². The van der Waals surface area contributed by atoms with Gasteiger partial charge in [-0.15, -0.1) is 0 Å². The molecule has 1 aromatic carbocycles. The first-order chi connectivity index (χ1) is 14.0. The van der Waals surface area contributed by atoms with Gasteiger partial charge in [0, 0.05) is 0 Å². The molecule has 8 nitrogen and oxygen atoms in total. The predicted molar refractivity (Wildman–Crippen MR) is 107 cm³/mol. The first-order valence-electron chi connectivity index (χ1n) is 9.91. The summed E-state index contributed by atoms with van der Waals surface area (Å²) in [7, 11) is 4.46. The number of piperidine rings is 1. The zero-order valence-electron chi connectivity index (χ0n) is 17.5. The van der Waals surface area contributed by atoms with Crippen molar-refractivity contribution in [2.24, 2.45) is 5.92 Å². The zero-order chi connectivity index (χ0) is 21.0. The molecule has 2 aliphatic heterocycles. The number of amides is 2. The second-order valence-electron chi connectivity index (χ2n) is 7.64. The molecule has 0 aliphatic carbocycles. The molecule has 0 radical (unpaired) electrons. The van der Waals surface area contributed by atoms with E-state index < -0.39 is 12.0 Å². The molecule has 0 unspecified atom stereocenters. The molecule has 2 aliphatic rings. The lowest BCUT2D eigenvalue weighted by molar-refractivity contribution is -0.901. The highest BCUT2D eigenvalue weighted by molar-refractivity contribution is 5.95. The number of urea groups is 1. The maximum Gasteiger partial charge on any atom is 0.338 e. The number of hydrogen-bond donors (Lipinski definition) is 3. The smallest absolute Gasteiger partial charge is 0.338 e. The van der Waals surface area contributed by atoms with Gasteiger partial charge in [-0.2, -0.15) is 0 Å². The number of ether oxygens (including phenoxy) is 3. The first kappa shape index (κ1) is 21.0. The summed E-state index contributed by atoms with van der Waals surface area (Å²) in [5.74, 6) is 1.36. The number of rotatable bonds is 6. The molecule has 0 aromatic heterocycles. The lowest BCUT2D eigenvalue weighted by Crippen LogP contribution is -3.13. The standard InChI is InChI=1S/C21H29N3O5/c1-13-7-9-24(10-8-13)12-15-18(20(25)29-4)19(23-21(26)22-15)14-5-6-16(27-2)17(11-14)28-3/h5-6,11,13,19H,7-10,12H2,1-4H3,(H2,22,23,26)/p+1/t19-/m1/s1. The van der Waals surface area contributed by atoms with Crippen LogP contribution in [0.2, 0.25) is 0 Å². The van der Waals surface area contributed by atoms with E-state index in [-0.39, 0.29) is 6.03 Å². The molecule has 158 valence electrons. The van der Waals surface area contributed by atoms with Gasteiger partial charge in [0.1, 0.15) is 6.54 Å². The quantitative estimate of drug-likeness (QED) is 0.611. The number of carbonyl (C=O) groups excluding carboxylic acids is 2. The largest absolute Gasteiger partial charge is 0.493 e. The van der Waals surface area contributed by atoms with E-state index in [0.717, 1.165) is 37.4 Å². The van der Waals surface area contributed by atoms with Crippen molar-refractivity contribution in [2.75, 3.05) is 41.0 Å². The summed E-state index contributed by atoms with van der Waals surface area (Å²) in [6, 6.07) is 4.37. The minimum atomic E-state index is -0.630. The van der Waals surface area contributed by atoms with Gasteiger partial charge in [-0.1, -0.05) is 13.0 Å². The minimum absolute atomic E-state index is 0.336. The van der Waals surface area contributed by atoms with Crippen LogP contribution in [0.1, 0.15) is 31.4 Å². The van der Waals surface area contributed by atoms with Crippen LogP contribution in [0.5, 0.6) is 11.5 Å². The van der Waals surface area contributed by atoms with Crippen LogP contribution in [0.3, 0.4) is 0 Å². The maximum atomic E-state index is 12.7. The summed E-state index contributed by atoms with van der Waals surface area (Å²) in [6.07, 6.45) is 2.28. The Morgan fingerprint density at radius 3 is 2.45 bits per heavy atom. The zero-order valence-corrected chi connectivity index (χ0v) is 17.5. The number of nitrogens with one attached hydrogen (secondary N) is 3. The fourth-order valence-electron chi connectivity index (χ4n) is 3.99. The van der Waals surface area contributed by atoms with Crippen molar-refractivity contribution in [3.05, 3.63) is 35.0 Å². The van der Waals surface area contributed by atoms with Gasteiger partial charge in [0.2, 0.25) is 0 Å². The molecule has 1 fully saturated rings. The van der Waals surface area contributed by atoms with Crippen molar-refractivity contribution in [1.29, 1.82) is 0 Å². The van der Waals surface area contributed by atoms with Crippen molar-refractivity contribution < 1.29 is 28.7 Å². The van der Waals surface area contributed by atoms with Crippen LogP contribution in [0.25, 0.3) is 0 Å². The van der Waals surface area contributed by atoms with Crippen LogP contribution in [-0.4, -0.2) is 53.0 Å². The number of methoxy groups -OCH3 is 3. The molecular weight excluding hydrogens is 374 g/mol. The summed E-state index contributed by atoms with van der Waals surface area (Å²) in [5, 5.41) is 5.69. The summed E-state index contributed by atoms with van der Waals surface area (Å²) < 4.78 is 15.7. The molecule has 1 atom stereocenters. The Morgan fingerprint density at radius 1 is 1.14 bits per heavy atom. The van der Waals surface area contributed by atoms with E-state index in [1.54, 1.807) is 26.4 Å². The number of carbonyl (C=O) groups is 2. The molecule has 2 amide bonds. The molecule has 0 bridgehead atoms. The van der Waals surface area contributed by atoms with Crippen molar-refractivity contribution in [3.63, 3.8) is 0 Å². The van der Waals surface area contributed by atoms with Crippen molar-refractivity contribution >= 4 is 12.0 Å². The summed E-state index contributed by atoms with van der Waals surface area (Å²) in [4.78, 5) is 26.5. The molecule has 3 rings (SSSR count). The first-order valence-corrected chi connectivity index (χ1v) is 9.91. The second kappa shape index (κ2) is 9.17. The molecular formula is C21H30N3O5+. The molecule has 0 spiro atoms. The monoisotopic (exact) mass is 404 g/mol. The molecule has 0 saturated carbocycles. The highest BCUT2D eigenvalue weighted by atomic mass is 16.5. The lowest BCUT2D eigenvalue weighted by Gasteiger charge is -2.32. The van der Waals surface area contributed by atoms with Gasteiger partial charge in [-0.3, -0.25) is 0 Å². The van der Waals surface area contributed by atoms with E-state index >= 15 is 0 Å². The number of hydrogen-bond acceptors (Lipinski definition) is 5. The third-order valence-electron chi connectivity index (χ3n) is 5.71. The van der Waals surface area contributed by atoms with Crippen LogP contribution in [0.15, 0.2) is 29.5 Å². The molecule has 1 saturated heterocycles. The van der Waals surface area contributed by atoms with Crippen molar-refractivity contribution in [3.8, 4) is 11.5 Å². The van der Waals surface area contributed by atoms with Gasteiger partial charge in [0.25, 0.3) is 0 Å². The lowest BCUT2D eigenvalue weighted by atomic mass is 9.94. The Morgan fingerprint density at radius 2 is 1.83 bits per heavy atom. The van der Waals surface area contributed by atoms with E-state index in [4.69, 9.17) is 14.2 Å². The average molecular weight is 404 g/mol. The number of esters is 1. The highest BCUT2D eigenvalue weighted by Crippen LogP contribution is 2.34. The Kier molecular flexibility index (Phi) is 6.64. The summed E-state index contributed by atoms with van der Waals surface area (Å²) >= 11 is 0. The number of benzene rings is 1. The maximum absolute atomic E-state index is 12.7. The average Bonchev–Trinajstić information content (AvgIpc) is 2.74. The fraction of sp³-hybridized carbons (Fsp3) is 0.524. The van der Waals surface area contributed by atoms with E-state index in [0.29, 0.717) is 29.3 Å². The Hall–Kier alpha value is -2.74. The van der Waals surface area contributed by atoms with E-state index in [2.05, 4.69) is 17.6 Å². The van der Waals surface area contributed by atoms with Gasteiger partial charge in [0.05, 0.1) is 51.7 Å². The Labute approximate surface area is 171 Å². The fourth-order valence-corrected chi connectivity index (χ4v) is 3.99. The summed E-state index contributed by atoms with van der Waals surface area (Å²) in [6.45, 7) is 4.87. The number of likely N-dealkylation sites (tertiary alicyclic amines) is 1. The molecule has 3 N–H and O–H groups in total. The molecule has 2 heterocycles. The summed E-state index contributed by atoms with van der Waals surface area (Å²) in [5.41, 5.74) is 1.76. The number of quaternary nitrogens is 1. The molecule has 1 aromatic rings. The van der Waals surface area contributed by atoms with E-state index in [9.17, 15) is 9.59 Å². The molecule has 8 heteroatoms. The van der Waals surface area contributed by atoms with E-state index in [1.807, 2.05) is 6.07 Å². The molecule has 29 heavy (non-hydrogen) atoms. The van der Waals surface area contributed by atoms with Crippen LogP contribution in [-0.2, 0) is 9.53 Å². The highest BCUT2D eigenvalue weighted by Gasteiger charge is 2.36. The van der Waals surface area contributed by atoms with Gasteiger partial charge in [0.15, 0.2) is 11.5 Å². The van der Waals surface area contributed by atoms with E-state index in [1.165, 1.54) is 12.0 Å². The van der Waals surface area contributed by atoms with Crippen LogP contribution < -0.4 is 25.0 Å². The minimum Gasteiger partial charge on any atom is -0.493 e. The second-order valence-corrected chi connectivity index (χ2v) is 7.64. The van der Waals surface area contributed by atoms with Gasteiger partial charge >= 0.3 is 12.0 Å². The van der Waals surface area contributed by atoms with Crippen LogP contribution in [0.4, 0.5) is 4.79 Å². The van der Waals surface area contributed by atoms with Crippen molar-refractivity contribution in [1.82, 2.24) is 10.6 Å². The third kappa shape index (κ3) is 4.64. The Bertz CT molecular complexity index is 800. The normalized spacial score (nSPS) is 24.4. The van der Waals surface area contributed by atoms with Gasteiger partial charge < -0.3 is 29.7 Å².